The number of benzene rings is 5. The molecule has 0 spiro atoms. The van der Waals surface area contributed by atoms with E-state index in [-0.39, 0.29) is 12.0 Å². The molecule has 216 valence electrons. The average molecular weight is 599 g/mol. The molecule has 0 fully saturated rings. The van der Waals surface area contributed by atoms with Gasteiger partial charge < -0.3 is 4.57 Å². The number of aliphatic imine (C=N–C) groups is 1. The van der Waals surface area contributed by atoms with E-state index in [2.05, 4.69) is 160 Å². The summed E-state index contributed by atoms with van der Waals surface area (Å²) in [5.41, 5.74) is 12.1. The van der Waals surface area contributed by atoms with Gasteiger partial charge >= 0.3 is 0 Å². The fourth-order valence-corrected chi connectivity index (χ4v) is 8.52. The van der Waals surface area contributed by atoms with E-state index in [1.165, 1.54) is 53.2 Å². The third kappa shape index (κ3) is 4.01. The van der Waals surface area contributed by atoms with Crippen LogP contribution in [0.1, 0.15) is 17.0 Å². The Kier molecular flexibility index (Phi) is 6.00. The second-order valence-electron chi connectivity index (χ2n) is 11.6. The van der Waals surface area contributed by atoms with Crippen molar-refractivity contribution in [3.63, 3.8) is 0 Å². The Labute approximate surface area is 265 Å². The van der Waals surface area contributed by atoms with Crippen LogP contribution in [0.4, 0.5) is 5.69 Å². The number of allylic oxidation sites excluding steroid dienone is 3. The molecule has 0 amide bonds. The zero-order valence-electron chi connectivity index (χ0n) is 24.8. The summed E-state index contributed by atoms with van der Waals surface area (Å²) in [6, 6.07) is 39.6. The maximum Gasteiger partial charge on any atom is 0.0792 e. The minimum atomic E-state index is 0.156. The molecule has 0 saturated carbocycles. The molecule has 4 nitrogen and oxygen atoms in total. The van der Waals surface area contributed by atoms with Crippen LogP contribution in [0.3, 0.4) is 0 Å². The van der Waals surface area contributed by atoms with Gasteiger partial charge in [0.2, 0.25) is 0 Å². The first-order valence-electron chi connectivity index (χ1n) is 15.4. The predicted molar refractivity (Wildman–Crippen MR) is 193 cm³/mol. The second-order valence-corrected chi connectivity index (χ2v) is 12.7. The summed E-state index contributed by atoms with van der Waals surface area (Å²) in [5.74, 6) is 0.263. The van der Waals surface area contributed by atoms with Crippen LogP contribution in [0, 0.1) is 0 Å². The van der Waals surface area contributed by atoms with Gasteiger partial charge in [0.25, 0.3) is 0 Å². The molecule has 0 bridgehead atoms. The summed E-state index contributed by atoms with van der Waals surface area (Å²) >= 11 is 1.91. The van der Waals surface area contributed by atoms with Crippen LogP contribution in [0.5, 0.6) is 0 Å². The molecule has 1 N–H and O–H groups in total. The number of hydrazine groups is 1. The first-order chi connectivity index (χ1) is 22.3. The van der Waals surface area contributed by atoms with Crippen molar-refractivity contribution < 1.29 is 0 Å². The molecular weight excluding hydrogens is 569 g/mol. The lowest BCUT2D eigenvalue weighted by molar-refractivity contribution is 0.644. The van der Waals surface area contributed by atoms with Gasteiger partial charge in [0, 0.05) is 66.9 Å². The molecule has 5 aromatic carbocycles. The molecule has 2 aromatic heterocycles. The van der Waals surface area contributed by atoms with E-state index in [1.54, 1.807) is 0 Å². The summed E-state index contributed by atoms with van der Waals surface area (Å²) < 4.78 is 5.08. The van der Waals surface area contributed by atoms with Crippen molar-refractivity contribution in [2.75, 3.05) is 12.1 Å². The van der Waals surface area contributed by atoms with Gasteiger partial charge in [-0.1, -0.05) is 97.1 Å². The van der Waals surface area contributed by atoms with E-state index in [9.17, 15) is 0 Å². The molecule has 3 heterocycles. The van der Waals surface area contributed by atoms with Crippen LogP contribution in [0.15, 0.2) is 145 Å². The van der Waals surface area contributed by atoms with Gasteiger partial charge in [0.1, 0.15) is 0 Å². The summed E-state index contributed by atoms with van der Waals surface area (Å²) in [6.07, 6.45) is 13.0. The molecule has 5 heteroatoms. The fraction of sp³-hybridized carbons (Fsp3) is 0.0750. The van der Waals surface area contributed by atoms with Gasteiger partial charge in [-0.2, -0.15) is 0 Å². The minimum Gasteiger partial charge on any atom is -0.309 e. The number of para-hydroxylation sites is 2. The van der Waals surface area contributed by atoms with E-state index in [0.29, 0.717) is 0 Å². The van der Waals surface area contributed by atoms with Gasteiger partial charge in [-0.3, -0.25) is 15.4 Å². The number of nitrogens with zero attached hydrogens (tertiary/aromatic N) is 3. The quantitative estimate of drug-likeness (QED) is 0.200. The first kappa shape index (κ1) is 26.1. The highest BCUT2D eigenvalue weighted by Gasteiger charge is 2.39. The number of thiophene rings is 1. The Balaban J connectivity index is 1.17. The van der Waals surface area contributed by atoms with Crippen LogP contribution in [-0.4, -0.2) is 23.9 Å². The molecule has 1 aliphatic heterocycles. The van der Waals surface area contributed by atoms with Crippen molar-refractivity contribution >= 4 is 70.9 Å². The number of nitrogens with one attached hydrogen (secondary N) is 1. The lowest BCUT2D eigenvalue weighted by Gasteiger charge is -2.31. The van der Waals surface area contributed by atoms with Gasteiger partial charge in [0.05, 0.1) is 28.5 Å². The SMILES string of the molecule is C/N=C\C=C(/NN1c2ccc3c(sc4ccccc43)c2C2C=CC=CC21)c1cccc(-n2c3ccccc3c3ccccc32)c1. The smallest absolute Gasteiger partial charge is 0.0792 e. The molecule has 45 heavy (non-hydrogen) atoms. The van der Waals surface area contributed by atoms with E-state index in [1.807, 2.05) is 24.6 Å². The fourth-order valence-electron chi connectivity index (χ4n) is 7.23. The van der Waals surface area contributed by atoms with E-state index in [4.69, 9.17) is 0 Å². The van der Waals surface area contributed by atoms with Gasteiger partial charge in [-0.15, -0.1) is 11.3 Å². The third-order valence-electron chi connectivity index (χ3n) is 9.19. The van der Waals surface area contributed by atoms with Crippen LogP contribution in [0.25, 0.3) is 53.4 Å². The number of anilines is 1. The first-order valence-corrected chi connectivity index (χ1v) is 16.2. The summed E-state index contributed by atoms with van der Waals surface area (Å²) in [6.45, 7) is 0. The van der Waals surface area contributed by atoms with Crippen molar-refractivity contribution in [2.24, 2.45) is 4.99 Å². The summed E-state index contributed by atoms with van der Waals surface area (Å²) in [4.78, 5) is 4.33. The van der Waals surface area contributed by atoms with Crippen LogP contribution in [0.2, 0.25) is 0 Å². The van der Waals surface area contributed by atoms with Crippen molar-refractivity contribution in [1.29, 1.82) is 0 Å². The highest BCUT2D eigenvalue weighted by atomic mass is 32.1. The normalized spacial score (nSPS) is 17.7. The highest BCUT2D eigenvalue weighted by Crippen LogP contribution is 2.50. The third-order valence-corrected chi connectivity index (χ3v) is 10.4. The summed E-state index contributed by atoms with van der Waals surface area (Å²) in [5, 5.41) is 7.54. The van der Waals surface area contributed by atoms with Crippen LogP contribution in [-0.2, 0) is 0 Å². The Morgan fingerprint density at radius 3 is 2.29 bits per heavy atom. The van der Waals surface area contributed by atoms with E-state index >= 15 is 0 Å². The molecule has 7 aromatic rings. The number of fused-ring (bicyclic) bond motifs is 10. The Morgan fingerprint density at radius 2 is 1.49 bits per heavy atom. The van der Waals surface area contributed by atoms with Crippen molar-refractivity contribution in [2.45, 2.75) is 12.0 Å². The van der Waals surface area contributed by atoms with Crippen LogP contribution >= 0.6 is 11.3 Å². The lowest BCUT2D eigenvalue weighted by atomic mass is 9.91. The largest absolute Gasteiger partial charge is 0.309 e. The molecule has 2 atom stereocenters. The second kappa shape index (κ2) is 10.4. The Hall–Kier alpha value is -5.39. The Bertz CT molecular complexity index is 2350. The van der Waals surface area contributed by atoms with Crippen molar-refractivity contribution in [3.8, 4) is 5.69 Å². The molecule has 2 unspecified atom stereocenters. The molecule has 9 rings (SSSR count). The maximum absolute atomic E-state index is 4.33. The topological polar surface area (TPSA) is 32.6 Å². The predicted octanol–water partition coefficient (Wildman–Crippen LogP) is 9.80. The summed E-state index contributed by atoms with van der Waals surface area (Å²) in [7, 11) is 1.82. The number of hydrogen-bond donors (Lipinski definition) is 1. The standard InChI is InChI=1S/C40H30N4S/c1-41-24-23-33(26-11-10-12-27(25-26)43-34-17-6-2-13-28(34)29-14-3-7-18-35(29)43)42-44-36-19-8-4-16-32(36)39-37(44)22-21-31-30-15-5-9-20-38(30)45-40(31)39/h2-25,32,36,42H,1H3/b33-23-,41-24-. The number of aromatic nitrogens is 1. The molecular formula is C40H30N4S. The Morgan fingerprint density at radius 1 is 0.756 bits per heavy atom. The number of hydrogen-bond acceptors (Lipinski definition) is 4. The minimum absolute atomic E-state index is 0.156. The van der Waals surface area contributed by atoms with E-state index < -0.39 is 0 Å². The van der Waals surface area contributed by atoms with E-state index in [0.717, 1.165) is 16.9 Å². The molecule has 0 saturated heterocycles. The van der Waals surface area contributed by atoms with Crippen LogP contribution < -0.4 is 10.4 Å². The molecule has 2 aliphatic rings. The highest BCUT2D eigenvalue weighted by molar-refractivity contribution is 7.26. The average Bonchev–Trinajstić information content (AvgIpc) is 3.74. The zero-order valence-corrected chi connectivity index (χ0v) is 25.6. The number of rotatable bonds is 5. The lowest BCUT2D eigenvalue weighted by Crippen LogP contribution is -2.43. The zero-order chi connectivity index (χ0) is 29.9. The monoisotopic (exact) mass is 598 g/mol. The van der Waals surface area contributed by atoms with Gasteiger partial charge in [-0.05, 0) is 42.5 Å². The maximum atomic E-state index is 4.33. The van der Waals surface area contributed by atoms with Gasteiger partial charge in [0.15, 0.2) is 0 Å². The molecule has 1 aliphatic carbocycles. The van der Waals surface area contributed by atoms with Crippen molar-refractivity contribution in [1.82, 2.24) is 9.99 Å². The molecule has 0 radical (unpaired) electrons. The van der Waals surface area contributed by atoms with Crippen molar-refractivity contribution in [3.05, 3.63) is 151 Å². The van der Waals surface area contributed by atoms with Gasteiger partial charge in [-0.25, -0.2) is 0 Å².